The maximum Gasteiger partial charge on any atom is 0.425 e. The van der Waals surface area contributed by atoms with Crippen molar-refractivity contribution < 1.29 is 32.0 Å². The molecule has 0 fully saturated rings. The second-order valence-corrected chi connectivity index (χ2v) is 12.3. The highest BCUT2D eigenvalue weighted by Crippen LogP contribution is 2.43. The number of nitrogens with one attached hydrogen (secondary N) is 2. The van der Waals surface area contributed by atoms with E-state index in [9.17, 15) is 22.8 Å². The average molecular weight is 531 g/mol. The van der Waals surface area contributed by atoms with Crippen molar-refractivity contribution in [1.29, 1.82) is 0 Å². The summed E-state index contributed by atoms with van der Waals surface area (Å²) >= 11 is 2.13. The molecule has 2 N–H and O–H groups in total. The van der Waals surface area contributed by atoms with Gasteiger partial charge in [0.15, 0.2) is 0 Å². The standard InChI is InChI=1S/C24H30F3N3O3S2/c1-13(2)33-22(31)19-15-7-5-6-8-17(15)35-21(19)29-23(32)28-11-16-14-9-10-30(3,4)12-18(14)34-20(16)24(25,26)27/h13H,5-12H2,1-4H3,(H-,28,29,31,32)/p+1. The lowest BCUT2D eigenvalue weighted by Gasteiger charge is -2.33. The molecule has 0 radical (unpaired) electrons. The van der Waals surface area contributed by atoms with Crippen LogP contribution in [0.4, 0.5) is 23.0 Å². The van der Waals surface area contributed by atoms with E-state index in [0.717, 1.165) is 58.9 Å². The Balaban J connectivity index is 1.54. The quantitative estimate of drug-likeness (QED) is 0.384. The minimum atomic E-state index is -4.48. The molecule has 6 nitrogen and oxygen atoms in total. The molecule has 0 saturated heterocycles. The number of carbonyl (C=O) groups excluding carboxylic acids is 2. The summed E-state index contributed by atoms with van der Waals surface area (Å²) in [6.07, 6.45) is -0.715. The summed E-state index contributed by atoms with van der Waals surface area (Å²) in [5, 5.41) is 5.72. The van der Waals surface area contributed by atoms with E-state index in [1.54, 1.807) is 13.8 Å². The van der Waals surface area contributed by atoms with Crippen molar-refractivity contribution in [3.8, 4) is 0 Å². The number of anilines is 1. The minimum Gasteiger partial charge on any atom is -0.459 e. The zero-order chi connectivity index (χ0) is 25.5. The van der Waals surface area contributed by atoms with Gasteiger partial charge in [0.1, 0.15) is 16.4 Å². The summed E-state index contributed by atoms with van der Waals surface area (Å²) in [4.78, 5) is 26.7. The molecule has 0 saturated carbocycles. The summed E-state index contributed by atoms with van der Waals surface area (Å²) < 4.78 is 47.4. The van der Waals surface area contributed by atoms with Crippen molar-refractivity contribution in [2.75, 3.05) is 26.0 Å². The SMILES string of the molecule is CC(C)OC(=O)c1c(NC(=O)NCc2c(C(F)(F)F)sc3c2CC[N+](C)(C)C3)sc2c1CCCC2. The molecule has 0 unspecified atom stereocenters. The fourth-order valence-electron chi connectivity index (χ4n) is 4.73. The van der Waals surface area contributed by atoms with Gasteiger partial charge in [0.2, 0.25) is 0 Å². The van der Waals surface area contributed by atoms with Gasteiger partial charge in [0.05, 0.1) is 37.2 Å². The monoisotopic (exact) mass is 530 g/mol. The van der Waals surface area contributed by atoms with Crippen molar-refractivity contribution >= 4 is 39.7 Å². The van der Waals surface area contributed by atoms with E-state index in [0.29, 0.717) is 33.6 Å². The predicted molar refractivity (Wildman–Crippen MR) is 131 cm³/mol. The number of hydrogen-bond donors (Lipinski definition) is 2. The summed E-state index contributed by atoms with van der Waals surface area (Å²) in [5.74, 6) is -0.485. The maximum absolute atomic E-state index is 13.8. The predicted octanol–water partition coefficient (Wildman–Crippen LogP) is 5.73. The van der Waals surface area contributed by atoms with Crippen molar-refractivity contribution in [3.63, 3.8) is 0 Å². The molecule has 0 aromatic carbocycles. The molecule has 192 valence electrons. The van der Waals surface area contributed by atoms with E-state index in [1.807, 2.05) is 14.1 Å². The fraction of sp³-hybridized carbons (Fsp3) is 0.583. The number of quaternary nitrogens is 1. The molecule has 0 spiro atoms. The first-order chi connectivity index (χ1) is 16.4. The number of aryl methyl sites for hydroxylation is 1. The third kappa shape index (κ3) is 5.67. The van der Waals surface area contributed by atoms with Crippen LogP contribution >= 0.6 is 22.7 Å². The van der Waals surface area contributed by atoms with Crippen LogP contribution in [-0.2, 0) is 43.3 Å². The molecule has 2 aliphatic rings. The van der Waals surface area contributed by atoms with Crippen molar-refractivity contribution in [2.45, 2.75) is 71.3 Å². The van der Waals surface area contributed by atoms with Gasteiger partial charge in [-0.25, -0.2) is 9.59 Å². The van der Waals surface area contributed by atoms with Gasteiger partial charge in [0.25, 0.3) is 0 Å². The maximum atomic E-state index is 13.8. The number of fused-ring (bicyclic) bond motifs is 2. The lowest BCUT2D eigenvalue weighted by atomic mass is 9.95. The van der Waals surface area contributed by atoms with Gasteiger partial charge in [-0.2, -0.15) is 13.2 Å². The molecule has 1 aliphatic carbocycles. The largest absolute Gasteiger partial charge is 0.459 e. The smallest absolute Gasteiger partial charge is 0.425 e. The van der Waals surface area contributed by atoms with Crippen LogP contribution in [0.25, 0.3) is 0 Å². The number of alkyl halides is 3. The number of ether oxygens (including phenoxy) is 1. The number of amides is 2. The van der Waals surface area contributed by atoms with Crippen molar-refractivity contribution in [1.82, 2.24) is 5.32 Å². The van der Waals surface area contributed by atoms with Crippen LogP contribution in [0.1, 0.15) is 68.4 Å². The first-order valence-corrected chi connectivity index (χ1v) is 13.4. The zero-order valence-corrected chi connectivity index (χ0v) is 22.0. The molecule has 35 heavy (non-hydrogen) atoms. The van der Waals surface area contributed by atoms with Crippen LogP contribution in [0.3, 0.4) is 0 Å². The van der Waals surface area contributed by atoms with Gasteiger partial charge in [-0.1, -0.05) is 0 Å². The van der Waals surface area contributed by atoms with Gasteiger partial charge in [0, 0.05) is 17.8 Å². The first-order valence-electron chi connectivity index (χ1n) is 11.8. The number of thiophene rings is 2. The van der Waals surface area contributed by atoms with Crippen LogP contribution in [0.5, 0.6) is 0 Å². The Labute approximate surface area is 211 Å². The van der Waals surface area contributed by atoms with E-state index in [4.69, 9.17) is 4.74 Å². The Kier molecular flexibility index (Phi) is 7.23. The molecule has 2 amide bonds. The Bertz CT molecular complexity index is 1140. The molecule has 0 bridgehead atoms. The van der Waals surface area contributed by atoms with Crippen molar-refractivity contribution in [3.05, 3.63) is 36.9 Å². The molecule has 4 rings (SSSR count). The Morgan fingerprint density at radius 2 is 1.77 bits per heavy atom. The van der Waals surface area contributed by atoms with Crippen molar-refractivity contribution in [2.24, 2.45) is 0 Å². The van der Waals surface area contributed by atoms with Crippen LogP contribution in [0.2, 0.25) is 0 Å². The van der Waals surface area contributed by atoms with Crippen LogP contribution < -0.4 is 10.6 Å². The topological polar surface area (TPSA) is 67.4 Å². The lowest BCUT2D eigenvalue weighted by molar-refractivity contribution is -0.905. The van der Waals surface area contributed by atoms with Crippen LogP contribution in [0, 0.1) is 0 Å². The van der Waals surface area contributed by atoms with E-state index < -0.39 is 23.1 Å². The molecule has 11 heteroatoms. The highest BCUT2D eigenvalue weighted by atomic mass is 32.1. The zero-order valence-electron chi connectivity index (χ0n) is 20.4. The molecule has 1 aliphatic heterocycles. The highest BCUT2D eigenvalue weighted by molar-refractivity contribution is 7.17. The Morgan fingerprint density at radius 3 is 2.46 bits per heavy atom. The minimum absolute atomic E-state index is 0.150. The van der Waals surface area contributed by atoms with Gasteiger partial charge in [-0.3, -0.25) is 5.32 Å². The lowest BCUT2D eigenvalue weighted by Crippen LogP contribution is -2.43. The van der Waals surface area contributed by atoms with E-state index in [1.165, 1.54) is 11.3 Å². The summed E-state index contributed by atoms with van der Waals surface area (Å²) in [6.45, 7) is 4.57. The van der Waals surface area contributed by atoms with Crippen LogP contribution in [0.15, 0.2) is 0 Å². The number of hydrogen-bond acceptors (Lipinski definition) is 5. The normalized spacial score (nSPS) is 17.0. The summed E-state index contributed by atoms with van der Waals surface area (Å²) in [6, 6.07) is -0.637. The second-order valence-electron chi connectivity index (χ2n) is 10.1. The molecular weight excluding hydrogens is 499 g/mol. The number of likely N-dealkylation sites (N-methyl/N-ethyl adjacent to an activating group) is 1. The number of urea groups is 1. The fourth-order valence-corrected chi connectivity index (χ4v) is 7.44. The number of halogens is 3. The first kappa shape index (κ1) is 26.0. The average Bonchev–Trinajstić information content (AvgIpc) is 3.28. The molecular formula is C24H31F3N3O3S2+. The molecule has 2 aromatic heterocycles. The summed E-state index contributed by atoms with van der Waals surface area (Å²) in [7, 11) is 4.01. The summed E-state index contributed by atoms with van der Waals surface area (Å²) in [5.41, 5.74) is 2.14. The van der Waals surface area contributed by atoms with Gasteiger partial charge in [-0.15, -0.1) is 22.7 Å². The van der Waals surface area contributed by atoms with Crippen LogP contribution in [-0.4, -0.2) is 43.2 Å². The van der Waals surface area contributed by atoms with E-state index in [2.05, 4.69) is 10.6 Å². The number of nitrogens with zero attached hydrogens (tertiary/aromatic N) is 1. The van der Waals surface area contributed by atoms with Gasteiger partial charge >= 0.3 is 18.2 Å². The molecule has 0 atom stereocenters. The Hall–Kier alpha value is -2.11. The number of rotatable bonds is 5. The number of carbonyl (C=O) groups is 2. The number of esters is 1. The third-order valence-corrected chi connectivity index (χ3v) is 8.88. The second kappa shape index (κ2) is 9.74. The Morgan fingerprint density at radius 1 is 1.06 bits per heavy atom. The third-order valence-electron chi connectivity index (χ3n) is 6.37. The van der Waals surface area contributed by atoms with E-state index in [-0.39, 0.29) is 18.2 Å². The molecule has 3 heterocycles. The highest BCUT2D eigenvalue weighted by Gasteiger charge is 2.40. The van der Waals surface area contributed by atoms with E-state index >= 15 is 0 Å². The van der Waals surface area contributed by atoms with Gasteiger partial charge in [-0.05, 0) is 56.2 Å². The van der Waals surface area contributed by atoms with Gasteiger partial charge < -0.3 is 14.5 Å². The molecule has 2 aromatic rings.